The molecule has 234 valence electrons. The van der Waals surface area contributed by atoms with Crippen LogP contribution in [0.2, 0.25) is 10.0 Å². The highest BCUT2D eigenvalue weighted by atomic mass is 35.5. The Labute approximate surface area is 248 Å². The van der Waals surface area contributed by atoms with E-state index in [1.807, 2.05) is 0 Å². The zero-order valence-corrected chi connectivity index (χ0v) is 23.1. The van der Waals surface area contributed by atoms with Crippen molar-refractivity contribution in [3.63, 3.8) is 0 Å². The minimum Gasteiger partial charge on any atom is -0.394 e. The van der Waals surface area contributed by atoms with Crippen molar-refractivity contribution in [3.8, 4) is 11.8 Å². The molecule has 2 unspecified atom stereocenters. The summed E-state index contributed by atoms with van der Waals surface area (Å²) in [6.45, 7) is -1.31. The van der Waals surface area contributed by atoms with Gasteiger partial charge in [0.2, 0.25) is 0 Å². The number of hydrogen-bond donors (Lipinski definition) is 5. The first-order valence-electron chi connectivity index (χ1n) is 11.5. The molecule has 0 spiro atoms. The van der Waals surface area contributed by atoms with Crippen molar-refractivity contribution in [2.24, 2.45) is 0 Å². The van der Waals surface area contributed by atoms with Gasteiger partial charge in [0, 0.05) is 0 Å². The third-order valence-corrected chi connectivity index (χ3v) is 7.82. The summed E-state index contributed by atoms with van der Waals surface area (Å²) >= 11 is 12.0. The monoisotopic (exact) mass is 679 g/mol. The molecule has 0 saturated carbocycles. The minimum atomic E-state index is -5.41. The molecule has 0 radical (unpaired) electrons. The summed E-state index contributed by atoms with van der Waals surface area (Å²) in [6, 6.07) is 0.739. The van der Waals surface area contributed by atoms with Crippen LogP contribution in [-0.2, 0) is 28.3 Å². The molecule has 5 N–H and O–H groups in total. The van der Waals surface area contributed by atoms with Crippen LogP contribution in [0.1, 0.15) is 23.0 Å². The lowest BCUT2D eigenvalue weighted by molar-refractivity contribution is -0.265. The van der Waals surface area contributed by atoms with Gasteiger partial charge < -0.3 is 30.5 Å². The lowest BCUT2D eigenvalue weighted by Crippen LogP contribution is -2.56. The maximum Gasteiger partial charge on any atom is 0.476 e. The Kier molecular flexibility index (Phi) is 9.30. The van der Waals surface area contributed by atoms with Gasteiger partial charge in [-0.1, -0.05) is 28.4 Å². The van der Waals surface area contributed by atoms with Crippen LogP contribution in [0, 0.1) is 11.3 Å². The van der Waals surface area contributed by atoms with E-state index in [-0.39, 0.29) is 5.69 Å². The van der Waals surface area contributed by atoms with Crippen molar-refractivity contribution >= 4 is 39.8 Å². The van der Waals surface area contributed by atoms with Crippen molar-refractivity contribution in [2.75, 3.05) is 11.9 Å². The largest absolute Gasteiger partial charge is 0.476 e. The number of hydrogen-bond acceptors (Lipinski definition) is 11. The smallest absolute Gasteiger partial charge is 0.394 e. The second-order valence-electron chi connectivity index (χ2n) is 8.81. The molecule has 1 fully saturated rings. The van der Waals surface area contributed by atoms with Crippen molar-refractivity contribution in [2.45, 2.75) is 53.8 Å². The van der Waals surface area contributed by atoms with Crippen LogP contribution >= 0.6 is 23.2 Å². The fourth-order valence-electron chi connectivity index (χ4n) is 4.10. The number of alkyl halides is 6. The molecule has 1 aliphatic heterocycles. The number of aliphatic hydroxyl groups is 4. The highest BCUT2D eigenvalue weighted by Crippen LogP contribution is 2.41. The van der Waals surface area contributed by atoms with E-state index < -0.39 is 104 Å². The molecular weight excluding hydrogens is 663 g/mol. The van der Waals surface area contributed by atoms with E-state index in [4.69, 9.17) is 27.9 Å². The van der Waals surface area contributed by atoms with Crippen molar-refractivity contribution in [3.05, 3.63) is 45.3 Å². The van der Waals surface area contributed by atoms with Crippen LogP contribution in [0.4, 0.5) is 32.2 Å². The maximum atomic E-state index is 13.5. The molecular formula is C21H17Cl2F6N7O6S. The van der Waals surface area contributed by atoms with Crippen LogP contribution < -0.4 is 5.32 Å². The lowest BCUT2D eigenvalue weighted by atomic mass is 9.97. The van der Waals surface area contributed by atoms with Gasteiger partial charge in [0.15, 0.2) is 22.8 Å². The van der Waals surface area contributed by atoms with Gasteiger partial charge in [-0.2, -0.15) is 36.7 Å². The lowest BCUT2D eigenvalue weighted by Gasteiger charge is -2.39. The molecule has 1 saturated heterocycles. The number of nitriles is 1. The normalized spacial score (nSPS) is 23.7. The van der Waals surface area contributed by atoms with Gasteiger partial charge >= 0.3 is 11.7 Å². The van der Waals surface area contributed by atoms with Crippen LogP contribution in [0.15, 0.2) is 23.2 Å². The molecule has 1 aromatic carbocycles. The number of halogens is 8. The van der Waals surface area contributed by atoms with E-state index in [9.17, 15) is 56.2 Å². The van der Waals surface area contributed by atoms with E-state index in [1.54, 1.807) is 0 Å². The number of ether oxygens (including phenoxy) is 1. The summed E-state index contributed by atoms with van der Waals surface area (Å²) < 4.78 is 99.2. The molecule has 13 nitrogen and oxygen atoms in total. The fourth-order valence-corrected chi connectivity index (χ4v) is 5.57. The zero-order valence-electron chi connectivity index (χ0n) is 20.8. The Hall–Kier alpha value is -3.03. The van der Waals surface area contributed by atoms with Crippen LogP contribution in [0.5, 0.6) is 0 Å². The summed E-state index contributed by atoms with van der Waals surface area (Å²) in [5.74, 6) is -0.799. The number of aromatic nitrogens is 5. The van der Waals surface area contributed by atoms with Crippen molar-refractivity contribution < 1.29 is 55.7 Å². The van der Waals surface area contributed by atoms with E-state index in [0.717, 1.165) is 10.9 Å². The van der Waals surface area contributed by atoms with Gasteiger partial charge in [-0.3, -0.25) is 0 Å². The van der Waals surface area contributed by atoms with Gasteiger partial charge in [-0.05, 0) is 12.1 Å². The number of nitrogens with one attached hydrogen (secondary N) is 1. The number of nitrogens with zero attached hydrogens (tertiary/aromatic N) is 6. The van der Waals surface area contributed by atoms with Gasteiger partial charge in [0.1, 0.15) is 52.5 Å². The predicted molar refractivity (Wildman–Crippen MR) is 132 cm³/mol. The van der Waals surface area contributed by atoms with Crippen molar-refractivity contribution in [1.82, 2.24) is 24.8 Å². The first-order chi connectivity index (χ1) is 20.0. The molecule has 3 aromatic rings. The van der Waals surface area contributed by atoms with Crippen LogP contribution in [0.25, 0.3) is 5.69 Å². The second-order valence-corrected chi connectivity index (χ2v) is 11.0. The third kappa shape index (κ3) is 6.44. The highest BCUT2D eigenvalue weighted by molar-refractivity contribution is 7.86. The Bertz CT molecular complexity index is 1560. The van der Waals surface area contributed by atoms with Gasteiger partial charge in [-0.15, -0.1) is 5.10 Å². The molecule has 4 rings (SSSR count). The van der Waals surface area contributed by atoms with Crippen LogP contribution in [-0.4, -0.2) is 86.1 Å². The molecule has 1 aliphatic rings. The Morgan fingerprint density at radius 2 is 1.74 bits per heavy atom. The SMILES string of the molecule is N#Cc1nn(-c2c(Cl)cc(C(F)(F)F)cc2Cl)c(NCc2cn([C@H]3C(O)O[C@H](CO)[C@@H](O)[C@@H]3O)nn2)c1S(=O)C(F)(F)F. The van der Waals surface area contributed by atoms with Gasteiger partial charge in [0.25, 0.3) is 0 Å². The summed E-state index contributed by atoms with van der Waals surface area (Å²) in [7, 11) is -3.89. The first-order valence-corrected chi connectivity index (χ1v) is 13.4. The molecule has 22 heteroatoms. The van der Waals surface area contributed by atoms with E-state index in [0.29, 0.717) is 16.8 Å². The molecule has 2 aromatic heterocycles. The molecule has 3 heterocycles. The third-order valence-electron chi connectivity index (χ3n) is 6.07. The quantitative estimate of drug-likeness (QED) is 0.229. The number of aliphatic hydroxyl groups excluding tert-OH is 4. The fraction of sp³-hybridized carbons (Fsp3) is 0.429. The highest BCUT2D eigenvalue weighted by Gasteiger charge is 2.46. The Morgan fingerprint density at radius 1 is 1.12 bits per heavy atom. The minimum absolute atomic E-state index is 0.113. The number of anilines is 1. The predicted octanol–water partition coefficient (Wildman–Crippen LogP) is 1.87. The first kappa shape index (κ1) is 32.9. The van der Waals surface area contributed by atoms with Gasteiger partial charge in [0.05, 0.1) is 35.0 Å². The second kappa shape index (κ2) is 12.2. The molecule has 0 aliphatic carbocycles. The summed E-state index contributed by atoms with van der Waals surface area (Å²) in [6.07, 6.45) is -10.3. The standard InChI is InChI=1S/C21H17Cl2F6N7O6S/c22-9-1-7(20(24,25)26)2-10(23)13(9)36-18(17(11(3-30)33-36)43(41)21(27,28)29)31-4-8-5-35(34-32-8)14-16(39)15(38)12(6-37)42-19(14)40/h1-2,5,12,14-16,19,31,37-40H,4,6H2/t12-,14-,15-,16-,19?,43?/m1/s1. The molecule has 0 bridgehead atoms. The topological polar surface area (TPSA) is 192 Å². The Morgan fingerprint density at radius 3 is 2.28 bits per heavy atom. The zero-order chi connectivity index (χ0) is 32.0. The number of benzene rings is 1. The molecule has 0 amide bonds. The van der Waals surface area contributed by atoms with Gasteiger partial charge in [-0.25, -0.2) is 13.6 Å². The molecule has 6 atom stereocenters. The molecule has 43 heavy (non-hydrogen) atoms. The number of rotatable bonds is 7. The summed E-state index contributed by atoms with van der Waals surface area (Å²) in [5.41, 5.74) is -8.42. The average molecular weight is 680 g/mol. The van der Waals surface area contributed by atoms with E-state index in [1.165, 1.54) is 6.07 Å². The average Bonchev–Trinajstić information content (AvgIpc) is 3.52. The maximum absolute atomic E-state index is 13.5. The van der Waals surface area contributed by atoms with E-state index in [2.05, 4.69) is 20.7 Å². The van der Waals surface area contributed by atoms with E-state index >= 15 is 0 Å². The summed E-state index contributed by atoms with van der Waals surface area (Å²) in [5, 5.41) is 61.4. The van der Waals surface area contributed by atoms with Crippen LogP contribution in [0.3, 0.4) is 0 Å². The van der Waals surface area contributed by atoms with Crippen molar-refractivity contribution in [1.29, 1.82) is 5.26 Å². The summed E-state index contributed by atoms with van der Waals surface area (Å²) in [4.78, 5) is -1.20. The Balaban J connectivity index is 1.75.